The van der Waals surface area contributed by atoms with Gasteiger partial charge in [0.1, 0.15) is 11.5 Å². The lowest BCUT2D eigenvalue weighted by molar-refractivity contribution is -0.274. The third-order valence-electron chi connectivity index (χ3n) is 4.01. The molecule has 0 unspecified atom stereocenters. The summed E-state index contributed by atoms with van der Waals surface area (Å²) in [4.78, 5) is 14.3. The fraction of sp³-hybridized carbons (Fsp3) is 0.316. The van der Waals surface area contributed by atoms with E-state index < -0.39 is 12.4 Å². The van der Waals surface area contributed by atoms with Gasteiger partial charge in [-0.3, -0.25) is 9.69 Å². The van der Waals surface area contributed by atoms with Crippen LogP contribution in [-0.4, -0.2) is 37.4 Å². The van der Waals surface area contributed by atoms with E-state index in [1.54, 1.807) is 21.1 Å². The van der Waals surface area contributed by atoms with Gasteiger partial charge in [0, 0.05) is 17.8 Å². The third kappa shape index (κ3) is 6.18. The van der Waals surface area contributed by atoms with Crippen molar-refractivity contribution >= 4 is 11.6 Å². The summed E-state index contributed by atoms with van der Waals surface area (Å²) in [5, 5.41) is 2.68. The van der Waals surface area contributed by atoms with E-state index in [-0.39, 0.29) is 11.7 Å². The number of ether oxygens (including phenoxy) is 2. The number of halogens is 3. The minimum absolute atomic E-state index is 0.281. The van der Waals surface area contributed by atoms with Crippen LogP contribution in [0.15, 0.2) is 48.5 Å². The minimum atomic E-state index is -4.75. The number of hydrogen-bond donors (Lipinski definition) is 1. The summed E-state index contributed by atoms with van der Waals surface area (Å²) in [6.45, 7) is 2.24. The quantitative estimate of drug-likeness (QED) is 0.785. The maximum absolute atomic E-state index is 12.4. The molecule has 27 heavy (non-hydrogen) atoms. The first-order valence-electron chi connectivity index (χ1n) is 8.18. The summed E-state index contributed by atoms with van der Waals surface area (Å²) in [5.41, 5.74) is 1.32. The van der Waals surface area contributed by atoms with E-state index in [2.05, 4.69) is 10.1 Å². The van der Waals surface area contributed by atoms with Gasteiger partial charge in [-0.25, -0.2) is 0 Å². The van der Waals surface area contributed by atoms with Crippen molar-refractivity contribution in [3.05, 3.63) is 54.1 Å². The van der Waals surface area contributed by atoms with Crippen LogP contribution in [0.1, 0.15) is 12.5 Å². The van der Waals surface area contributed by atoms with Crippen LogP contribution >= 0.6 is 0 Å². The van der Waals surface area contributed by atoms with Crippen LogP contribution in [0.2, 0.25) is 0 Å². The highest BCUT2D eigenvalue weighted by Gasteiger charge is 2.31. The molecule has 2 aromatic rings. The van der Waals surface area contributed by atoms with Crippen molar-refractivity contribution in [3.8, 4) is 11.5 Å². The molecule has 8 heteroatoms. The lowest BCUT2D eigenvalue weighted by atomic mass is 10.1. The SMILES string of the molecule is COc1ccccc1CN(C)[C@@H](C)C(=O)Nc1ccc(OC(F)(F)F)cc1. The number of anilines is 1. The van der Waals surface area contributed by atoms with Crippen LogP contribution in [0.25, 0.3) is 0 Å². The van der Waals surface area contributed by atoms with E-state index in [0.717, 1.165) is 23.4 Å². The van der Waals surface area contributed by atoms with Crippen molar-refractivity contribution in [1.29, 1.82) is 0 Å². The highest BCUT2D eigenvalue weighted by molar-refractivity contribution is 5.94. The van der Waals surface area contributed by atoms with Crippen molar-refractivity contribution in [2.45, 2.75) is 25.9 Å². The van der Waals surface area contributed by atoms with Crippen LogP contribution in [0.5, 0.6) is 11.5 Å². The first-order valence-corrected chi connectivity index (χ1v) is 8.18. The highest BCUT2D eigenvalue weighted by Crippen LogP contribution is 2.24. The van der Waals surface area contributed by atoms with Crippen LogP contribution in [0.3, 0.4) is 0 Å². The molecule has 0 radical (unpaired) electrons. The molecule has 2 aromatic carbocycles. The van der Waals surface area contributed by atoms with Crippen molar-refractivity contribution in [2.75, 3.05) is 19.5 Å². The number of amides is 1. The number of nitrogens with zero attached hydrogens (tertiary/aromatic N) is 1. The second-order valence-corrected chi connectivity index (χ2v) is 5.96. The molecular weight excluding hydrogens is 361 g/mol. The number of likely N-dealkylation sites (N-methyl/N-ethyl adjacent to an activating group) is 1. The second-order valence-electron chi connectivity index (χ2n) is 5.96. The van der Waals surface area contributed by atoms with E-state index in [1.165, 1.54) is 12.1 Å². The Morgan fingerprint density at radius 2 is 1.78 bits per heavy atom. The first-order chi connectivity index (χ1) is 12.7. The molecule has 0 heterocycles. The standard InChI is InChI=1S/C19H21F3N2O3/c1-13(24(2)12-14-6-4-5-7-17(14)26-3)18(25)23-15-8-10-16(11-9-15)27-19(20,21)22/h4-11,13H,12H2,1-3H3,(H,23,25)/t13-/m0/s1. The van der Waals surface area contributed by atoms with E-state index in [0.29, 0.717) is 12.2 Å². The zero-order chi connectivity index (χ0) is 20.0. The molecule has 0 fully saturated rings. The van der Waals surface area contributed by atoms with E-state index in [9.17, 15) is 18.0 Å². The van der Waals surface area contributed by atoms with Gasteiger partial charge in [0.25, 0.3) is 0 Å². The molecule has 0 aromatic heterocycles. The smallest absolute Gasteiger partial charge is 0.496 e. The number of rotatable bonds is 7. The molecule has 0 saturated heterocycles. The highest BCUT2D eigenvalue weighted by atomic mass is 19.4. The Labute approximate surface area is 155 Å². The van der Waals surface area contributed by atoms with Crippen molar-refractivity contribution in [3.63, 3.8) is 0 Å². The molecule has 146 valence electrons. The molecule has 0 aliphatic heterocycles. The number of para-hydroxylation sites is 1. The van der Waals surface area contributed by atoms with E-state index in [4.69, 9.17) is 4.74 Å². The Hall–Kier alpha value is -2.74. The maximum atomic E-state index is 12.4. The monoisotopic (exact) mass is 382 g/mol. The van der Waals surface area contributed by atoms with Crippen LogP contribution in [0, 0.1) is 0 Å². The van der Waals surface area contributed by atoms with Crippen molar-refractivity contribution in [2.24, 2.45) is 0 Å². The molecule has 1 amide bonds. The average Bonchev–Trinajstić information content (AvgIpc) is 2.61. The van der Waals surface area contributed by atoms with Crippen molar-refractivity contribution in [1.82, 2.24) is 4.90 Å². The maximum Gasteiger partial charge on any atom is 0.573 e. The third-order valence-corrected chi connectivity index (χ3v) is 4.01. The number of methoxy groups -OCH3 is 1. The molecule has 0 aliphatic rings. The second kappa shape index (κ2) is 8.77. The van der Waals surface area contributed by atoms with Gasteiger partial charge in [-0.15, -0.1) is 13.2 Å². The molecular formula is C19H21F3N2O3. The average molecular weight is 382 g/mol. The van der Waals surface area contributed by atoms with E-state index >= 15 is 0 Å². The van der Waals surface area contributed by atoms with Gasteiger partial charge in [0.2, 0.25) is 5.91 Å². The summed E-state index contributed by atoms with van der Waals surface area (Å²) in [6, 6.07) is 12.0. The topological polar surface area (TPSA) is 50.8 Å². The van der Waals surface area contributed by atoms with Crippen LogP contribution in [0.4, 0.5) is 18.9 Å². The lowest BCUT2D eigenvalue weighted by Gasteiger charge is -2.24. The Balaban J connectivity index is 1.96. The van der Waals surface area contributed by atoms with Crippen LogP contribution in [-0.2, 0) is 11.3 Å². The molecule has 0 aliphatic carbocycles. The normalized spacial score (nSPS) is 12.6. The number of benzene rings is 2. The number of hydrogen-bond acceptors (Lipinski definition) is 4. The molecule has 0 saturated carbocycles. The Bertz CT molecular complexity index is 764. The number of carbonyl (C=O) groups is 1. The summed E-state index contributed by atoms with van der Waals surface area (Å²) in [5.74, 6) is 0.107. The van der Waals surface area contributed by atoms with Crippen LogP contribution < -0.4 is 14.8 Å². The van der Waals surface area contributed by atoms with Crippen molar-refractivity contribution < 1.29 is 27.4 Å². The predicted octanol–water partition coefficient (Wildman–Crippen LogP) is 4.05. The van der Waals surface area contributed by atoms with Gasteiger partial charge in [0.05, 0.1) is 13.2 Å². The number of alkyl halides is 3. The minimum Gasteiger partial charge on any atom is -0.496 e. The molecule has 0 bridgehead atoms. The first kappa shape index (κ1) is 20.6. The fourth-order valence-electron chi connectivity index (χ4n) is 2.43. The Morgan fingerprint density at radius 3 is 2.37 bits per heavy atom. The van der Waals surface area contributed by atoms with Gasteiger partial charge in [-0.1, -0.05) is 18.2 Å². The van der Waals surface area contributed by atoms with Gasteiger partial charge in [-0.2, -0.15) is 0 Å². The Morgan fingerprint density at radius 1 is 1.15 bits per heavy atom. The molecule has 1 atom stereocenters. The summed E-state index contributed by atoms with van der Waals surface area (Å²) in [7, 11) is 3.39. The molecule has 0 spiro atoms. The number of nitrogens with one attached hydrogen (secondary N) is 1. The number of carbonyl (C=O) groups excluding carboxylic acids is 1. The predicted molar refractivity (Wildman–Crippen MR) is 95.7 cm³/mol. The fourth-order valence-corrected chi connectivity index (χ4v) is 2.43. The molecule has 2 rings (SSSR count). The lowest BCUT2D eigenvalue weighted by Crippen LogP contribution is -2.39. The zero-order valence-electron chi connectivity index (χ0n) is 15.2. The van der Waals surface area contributed by atoms with Gasteiger partial charge in [0.15, 0.2) is 0 Å². The largest absolute Gasteiger partial charge is 0.573 e. The van der Waals surface area contributed by atoms with Gasteiger partial charge < -0.3 is 14.8 Å². The molecule has 5 nitrogen and oxygen atoms in total. The Kier molecular flexibility index (Phi) is 6.68. The summed E-state index contributed by atoms with van der Waals surface area (Å²) < 4.78 is 45.6. The zero-order valence-corrected chi connectivity index (χ0v) is 15.2. The molecule has 1 N–H and O–H groups in total. The van der Waals surface area contributed by atoms with E-state index in [1.807, 2.05) is 29.2 Å². The van der Waals surface area contributed by atoms with Gasteiger partial charge in [-0.05, 0) is 44.3 Å². The summed E-state index contributed by atoms with van der Waals surface area (Å²) >= 11 is 0. The van der Waals surface area contributed by atoms with Gasteiger partial charge >= 0.3 is 6.36 Å². The summed E-state index contributed by atoms with van der Waals surface area (Å²) in [6.07, 6.45) is -4.75.